The van der Waals surface area contributed by atoms with Crippen LogP contribution in [0.3, 0.4) is 0 Å². The summed E-state index contributed by atoms with van der Waals surface area (Å²) in [6, 6.07) is 12.1. The largest absolute Gasteiger partial charge is 0.495 e. The fraction of sp³-hybridized carbons (Fsp3) is 0.409. The van der Waals surface area contributed by atoms with Crippen LogP contribution in [0.25, 0.3) is 0 Å². The van der Waals surface area contributed by atoms with Gasteiger partial charge in [-0.15, -0.1) is 0 Å². The smallest absolute Gasteiger partial charge is 0.243 e. The lowest BCUT2D eigenvalue weighted by Gasteiger charge is -2.26. The summed E-state index contributed by atoms with van der Waals surface area (Å²) in [5, 5.41) is 2.75. The molecule has 0 radical (unpaired) electrons. The number of amides is 1. The van der Waals surface area contributed by atoms with Gasteiger partial charge in [0.1, 0.15) is 11.5 Å². The Morgan fingerprint density at radius 1 is 1.10 bits per heavy atom. The van der Waals surface area contributed by atoms with Crippen LogP contribution < -0.4 is 14.8 Å². The van der Waals surface area contributed by atoms with E-state index in [2.05, 4.69) is 5.32 Å². The molecule has 30 heavy (non-hydrogen) atoms. The summed E-state index contributed by atoms with van der Waals surface area (Å²) in [7, 11) is -2.12. The highest BCUT2D eigenvalue weighted by Crippen LogP contribution is 2.30. The number of rotatable bonds is 8. The van der Waals surface area contributed by atoms with Gasteiger partial charge >= 0.3 is 0 Å². The summed E-state index contributed by atoms with van der Waals surface area (Å²) in [6.07, 6.45) is 2.89. The molecule has 0 bridgehead atoms. The minimum Gasteiger partial charge on any atom is -0.495 e. The number of carbonyl (C=O) groups excluding carboxylic acids is 1. The summed E-state index contributed by atoms with van der Waals surface area (Å²) < 4.78 is 38.3. The maximum Gasteiger partial charge on any atom is 0.243 e. The molecule has 0 aromatic heterocycles. The average Bonchev–Trinajstić information content (AvgIpc) is 2.74. The molecule has 1 aliphatic rings. The van der Waals surface area contributed by atoms with Crippen molar-refractivity contribution in [2.45, 2.75) is 37.5 Å². The summed E-state index contributed by atoms with van der Waals surface area (Å²) in [4.78, 5) is 12.5. The zero-order valence-electron chi connectivity index (χ0n) is 17.4. The molecule has 1 heterocycles. The molecule has 7 nitrogen and oxygen atoms in total. The molecule has 0 saturated carbocycles. The Hall–Kier alpha value is -2.58. The SMILES string of the molecule is COc1ccc(S(=O)(=O)N2CCCCC2)cc1NC(=O)CCOc1cccc(C)c1. The third-order valence-electron chi connectivity index (χ3n) is 4.99. The van der Waals surface area contributed by atoms with Gasteiger partial charge in [0.05, 0.1) is 30.7 Å². The van der Waals surface area contributed by atoms with Crippen LogP contribution in [0.2, 0.25) is 0 Å². The van der Waals surface area contributed by atoms with E-state index in [4.69, 9.17) is 9.47 Å². The van der Waals surface area contributed by atoms with Gasteiger partial charge in [-0.1, -0.05) is 18.6 Å². The highest BCUT2D eigenvalue weighted by atomic mass is 32.2. The summed E-state index contributed by atoms with van der Waals surface area (Å²) in [5.41, 5.74) is 1.41. The first-order valence-corrected chi connectivity index (χ1v) is 11.5. The Kier molecular flexibility index (Phi) is 7.33. The Labute approximate surface area is 178 Å². The minimum atomic E-state index is -3.60. The molecule has 1 saturated heterocycles. The Balaban J connectivity index is 1.66. The van der Waals surface area contributed by atoms with Crippen molar-refractivity contribution in [3.63, 3.8) is 0 Å². The van der Waals surface area contributed by atoms with Crippen LogP contribution in [0.1, 0.15) is 31.2 Å². The number of carbonyl (C=O) groups is 1. The summed E-state index contributed by atoms with van der Waals surface area (Å²) in [6.45, 7) is 3.22. The lowest BCUT2D eigenvalue weighted by Crippen LogP contribution is -2.35. The molecule has 8 heteroatoms. The van der Waals surface area contributed by atoms with Crippen LogP contribution in [0, 0.1) is 6.92 Å². The molecule has 0 atom stereocenters. The first-order chi connectivity index (χ1) is 14.4. The van der Waals surface area contributed by atoms with Crippen LogP contribution in [0.4, 0.5) is 5.69 Å². The van der Waals surface area contributed by atoms with Gasteiger partial charge in [-0.25, -0.2) is 8.42 Å². The van der Waals surface area contributed by atoms with Crippen molar-refractivity contribution >= 4 is 21.6 Å². The van der Waals surface area contributed by atoms with Gasteiger partial charge in [0.15, 0.2) is 0 Å². The molecule has 1 fully saturated rings. The molecule has 2 aromatic carbocycles. The number of aryl methyl sites for hydroxylation is 1. The predicted molar refractivity (Wildman–Crippen MR) is 116 cm³/mol. The zero-order chi connectivity index (χ0) is 21.6. The fourth-order valence-corrected chi connectivity index (χ4v) is 4.92. The van der Waals surface area contributed by atoms with E-state index >= 15 is 0 Å². The van der Waals surface area contributed by atoms with Gasteiger partial charge in [-0.2, -0.15) is 4.31 Å². The first kappa shape index (κ1) is 22.1. The molecule has 1 N–H and O–H groups in total. The predicted octanol–water partition coefficient (Wildman–Crippen LogP) is 3.59. The van der Waals surface area contributed by atoms with E-state index in [1.54, 1.807) is 6.07 Å². The van der Waals surface area contributed by atoms with Crippen LogP contribution >= 0.6 is 0 Å². The van der Waals surface area contributed by atoms with E-state index in [1.807, 2.05) is 31.2 Å². The van der Waals surface area contributed by atoms with E-state index in [9.17, 15) is 13.2 Å². The standard InChI is InChI=1S/C22H28N2O5S/c1-17-7-6-8-18(15-17)29-14-11-22(25)23-20-16-19(9-10-21(20)28-2)30(26,27)24-12-4-3-5-13-24/h6-10,15-16H,3-5,11-14H2,1-2H3,(H,23,25). The fourth-order valence-electron chi connectivity index (χ4n) is 3.38. The van der Waals surface area contributed by atoms with Crippen molar-refractivity contribution < 1.29 is 22.7 Å². The van der Waals surface area contributed by atoms with Gasteiger partial charge in [-0.3, -0.25) is 4.79 Å². The van der Waals surface area contributed by atoms with Gasteiger partial charge < -0.3 is 14.8 Å². The molecule has 2 aromatic rings. The molecule has 0 aliphatic carbocycles. The van der Waals surface area contributed by atoms with Crippen LogP contribution in [0.15, 0.2) is 47.4 Å². The maximum absolute atomic E-state index is 12.9. The normalized spacial score (nSPS) is 14.9. The number of nitrogens with one attached hydrogen (secondary N) is 1. The second-order valence-corrected chi connectivity index (χ2v) is 9.23. The Morgan fingerprint density at radius 3 is 2.57 bits per heavy atom. The number of nitrogens with zero attached hydrogens (tertiary/aromatic N) is 1. The number of hydrogen-bond acceptors (Lipinski definition) is 5. The Morgan fingerprint density at radius 2 is 1.87 bits per heavy atom. The van der Waals surface area contributed by atoms with Gasteiger partial charge in [0.2, 0.25) is 15.9 Å². The minimum absolute atomic E-state index is 0.125. The maximum atomic E-state index is 12.9. The van der Waals surface area contributed by atoms with Crippen molar-refractivity contribution in [3.05, 3.63) is 48.0 Å². The molecular weight excluding hydrogens is 404 g/mol. The molecule has 0 unspecified atom stereocenters. The number of sulfonamides is 1. The first-order valence-electron chi connectivity index (χ1n) is 10.1. The summed E-state index contributed by atoms with van der Waals surface area (Å²) in [5.74, 6) is 0.823. The number of anilines is 1. The topological polar surface area (TPSA) is 84.9 Å². The van der Waals surface area contributed by atoms with Crippen molar-refractivity contribution in [2.75, 3.05) is 32.1 Å². The molecule has 1 amide bonds. The highest BCUT2D eigenvalue weighted by molar-refractivity contribution is 7.89. The molecule has 0 spiro atoms. The summed E-state index contributed by atoms with van der Waals surface area (Å²) >= 11 is 0. The molecule has 162 valence electrons. The van der Waals surface area contributed by atoms with E-state index in [-0.39, 0.29) is 23.8 Å². The second-order valence-electron chi connectivity index (χ2n) is 7.29. The molecule has 1 aliphatic heterocycles. The second kappa shape index (κ2) is 9.95. The van der Waals surface area contributed by atoms with Crippen molar-refractivity contribution in [3.8, 4) is 11.5 Å². The van der Waals surface area contributed by atoms with E-state index in [0.717, 1.165) is 24.8 Å². The van der Waals surface area contributed by atoms with Gasteiger partial charge in [-0.05, 0) is 55.7 Å². The van der Waals surface area contributed by atoms with Crippen molar-refractivity contribution in [1.29, 1.82) is 0 Å². The third-order valence-corrected chi connectivity index (χ3v) is 6.88. The zero-order valence-corrected chi connectivity index (χ0v) is 18.2. The number of ether oxygens (including phenoxy) is 2. The lowest BCUT2D eigenvalue weighted by atomic mass is 10.2. The number of piperidine rings is 1. The number of hydrogen-bond donors (Lipinski definition) is 1. The molecule has 3 rings (SSSR count). The lowest BCUT2D eigenvalue weighted by molar-refractivity contribution is -0.116. The molecular formula is C22H28N2O5S. The van der Waals surface area contributed by atoms with Crippen LogP contribution in [0.5, 0.6) is 11.5 Å². The quantitative estimate of drug-likeness (QED) is 0.689. The number of methoxy groups -OCH3 is 1. The Bertz CT molecular complexity index is 985. The average molecular weight is 433 g/mol. The van der Waals surface area contributed by atoms with E-state index in [1.165, 1.54) is 23.5 Å². The van der Waals surface area contributed by atoms with Crippen molar-refractivity contribution in [1.82, 2.24) is 4.31 Å². The van der Waals surface area contributed by atoms with Crippen LogP contribution in [-0.2, 0) is 14.8 Å². The van der Waals surface area contributed by atoms with Crippen LogP contribution in [-0.4, -0.2) is 45.4 Å². The number of benzene rings is 2. The van der Waals surface area contributed by atoms with Gasteiger partial charge in [0.25, 0.3) is 0 Å². The van der Waals surface area contributed by atoms with E-state index in [0.29, 0.717) is 30.3 Å². The monoisotopic (exact) mass is 432 g/mol. The van der Waals surface area contributed by atoms with Crippen molar-refractivity contribution in [2.24, 2.45) is 0 Å². The highest BCUT2D eigenvalue weighted by Gasteiger charge is 2.27. The van der Waals surface area contributed by atoms with Gasteiger partial charge in [0, 0.05) is 13.1 Å². The van der Waals surface area contributed by atoms with E-state index < -0.39 is 10.0 Å². The third kappa shape index (κ3) is 5.52.